The molecule has 0 heterocycles. The lowest BCUT2D eigenvalue weighted by Crippen LogP contribution is -2.10. The van der Waals surface area contributed by atoms with Gasteiger partial charge >= 0.3 is 6.18 Å². The van der Waals surface area contributed by atoms with Gasteiger partial charge in [0, 0.05) is 16.5 Å². The number of carbonyl (C=O) groups is 1. The van der Waals surface area contributed by atoms with Gasteiger partial charge in [0.1, 0.15) is 5.82 Å². The van der Waals surface area contributed by atoms with Gasteiger partial charge in [-0.1, -0.05) is 28.1 Å². The fraction of sp³-hybridized carbons (Fsp3) is 0.133. The Hall–Kier alpha value is -1.69. The average molecular weight is 361 g/mol. The summed E-state index contributed by atoms with van der Waals surface area (Å²) in [7, 11) is 0. The summed E-state index contributed by atoms with van der Waals surface area (Å²) in [5, 5.41) is 0. The molecule has 0 bridgehead atoms. The maximum atomic E-state index is 12.8. The van der Waals surface area contributed by atoms with Crippen LogP contribution in [0.1, 0.15) is 21.5 Å². The normalized spacial score (nSPS) is 11.5. The molecule has 2 rings (SSSR count). The molecule has 0 saturated heterocycles. The molecule has 0 aliphatic carbocycles. The minimum atomic E-state index is -4.51. The molecule has 0 atom stereocenters. The smallest absolute Gasteiger partial charge is 0.294 e. The van der Waals surface area contributed by atoms with E-state index >= 15 is 0 Å². The number of Topliss-reactive ketones (excluding diaryl/α,β-unsaturated/α-hetero) is 1. The van der Waals surface area contributed by atoms with Crippen molar-refractivity contribution in [2.75, 3.05) is 0 Å². The highest BCUT2D eigenvalue weighted by Crippen LogP contribution is 2.32. The molecular weight excluding hydrogens is 352 g/mol. The van der Waals surface area contributed by atoms with Gasteiger partial charge in [-0.25, -0.2) is 4.39 Å². The van der Waals surface area contributed by atoms with Crippen LogP contribution in [0.4, 0.5) is 17.6 Å². The molecule has 0 unspecified atom stereocenters. The summed E-state index contributed by atoms with van der Waals surface area (Å²) < 4.78 is 51.1. The highest BCUT2D eigenvalue weighted by atomic mass is 79.9. The van der Waals surface area contributed by atoms with Crippen LogP contribution in [0.25, 0.3) is 0 Å². The zero-order chi connectivity index (χ0) is 15.6. The van der Waals surface area contributed by atoms with Gasteiger partial charge in [0.25, 0.3) is 0 Å². The Bertz CT molecular complexity index is 662. The van der Waals surface area contributed by atoms with Crippen LogP contribution in [0.5, 0.6) is 0 Å². The first-order valence-corrected chi connectivity index (χ1v) is 6.71. The summed E-state index contributed by atoms with van der Waals surface area (Å²) in [6.45, 7) is 0. The molecule has 0 fully saturated rings. The van der Waals surface area contributed by atoms with E-state index in [0.717, 1.165) is 12.1 Å². The van der Waals surface area contributed by atoms with Crippen molar-refractivity contribution in [2.24, 2.45) is 0 Å². The van der Waals surface area contributed by atoms with Crippen LogP contribution in [-0.4, -0.2) is 5.78 Å². The number of rotatable bonds is 3. The minimum Gasteiger partial charge on any atom is -0.294 e. The number of hydrogen-bond acceptors (Lipinski definition) is 1. The zero-order valence-corrected chi connectivity index (χ0v) is 12.1. The molecule has 0 radical (unpaired) electrons. The molecule has 110 valence electrons. The summed E-state index contributed by atoms with van der Waals surface area (Å²) in [5.41, 5.74) is -0.395. The number of hydrogen-bond donors (Lipinski definition) is 0. The van der Waals surface area contributed by atoms with Crippen LogP contribution in [0.3, 0.4) is 0 Å². The van der Waals surface area contributed by atoms with E-state index in [4.69, 9.17) is 0 Å². The average Bonchev–Trinajstić information content (AvgIpc) is 2.40. The molecule has 21 heavy (non-hydrogen) atoms. The molecule has 0 N–H and O–H groups in total. The Labute approximate surface area is 126 Å². The topological polar surface area (TPSA) is 17.1 Å². The van der Waals surface area contributed by atoms with Crippen molar-refractivity contribution in [3.63, 3.8) is 0 Å². The van der Waals surface area contributed by atoms with Crippen molar-refractivity contribution < 1.29 is 22.4 Å². The van der Waals surface area contributed by atoms with Crippen LogP contribution in [0.15, 0.2) is 46.9 Å². The number of halogens is 5. The Morgan fingerprint density at radius 1 is 1.05 bits per heavy atom. The number of benzene rings is 2. The summed E-state index contributed by atoms with van der Waals surface area (Å²) in [5.74, 6) is -0.911. The summed E-state index contributed by atoms with van der Waals surface area (Å²) in [6, 6.07) is 8.16. The molecule has 2 aromatic rings. The second-order valence-corrected chi connectivity index (χ2v) is 5.27. The second-order valence-electron chi connectivity index (χ2n) is 4.42. The van der Waals surface area contributed by atoms with Crippen molar-refractivity contribution in [2.45, 2.75) is 12.6 Å². The van der Waals surface area contributed by atoms with Gasteiger partial charge in [0.2, 0.25) is 0 Å². The number of ketones is 1. The molecule has 6 heteroatoms. The zero-order valence-electron chi connectivity index (χ0n) is 10.5. The molecule has 0 saturated carbocycles. The predicted octanol–water partition coefficient (Wildman–Crippen LogP) is 5.03. The largest absolute Gasteiger partial charge is 0.416 e. The molecular formula is C15H9BrF4O. The third kappa shape index (κ3) is 3.91. The molecule has 1 nitrogen and oxygen atoms in total. The van der Waals surface area contributed by atoms with Gasteiger partial charge in [-0.2, -0.15) is 13.2 Å². The van der Waals surface area contributed by atoms with Gasteiger partial charge in [-0.15, -0.1) is 0 Å². The van der Waals surface area contributed by atoms with E-state index in [9.17, 15) is 22.4 Å². The number of alkyl halides is 3. The second kappa shape index (κ2) is 5.97. The fourth-order valence-electron chi connectivity index (χ4n) is 1.80. The van der Waals surface area contributed by atoms with Crippen molar-refractivity contribution in [1.82, 2.24) is 0 Å². The van der Waals surface area contributed by atoms with Crippen LogP contribution >= 0.6 is 15.9 Å². The van der Waals surface area contributed by atoms with E-state index < -0.39 is 23.3 Å². The Balaban J connectivity index is 2.28. The first-order valence-electron chi connectivity index (χ1n) is 5.92. The van der Waals surface area contributed by atoms with E-state index in [1.165, 1.54) is 30.3 Å². The van der Waals surface area contributed by atoms with E-state index in [1.54, 1.807) is 0 Å². The van der Waals surface area contributed by atoms with Gasteiger partial charge in [0.05, 0.1) is 5.56 Å². The third-order valence-corrected chi connectivity index (χ3v) is 3.56. The van der Waals surface area contributed by atoms with Gasteiger partial charge < -0.3 is 0 Å². The number of carbonyl (C=O) groups excluding carboxylic acids is 1. The Morgan fingerprint density at radius 3 is 2.24 bits per heavy atom. The lowest BCUT2D eigenvalue weighted by molar-refractivity contribution is -0.137. The summed E-state index contributed by atoms with van der Waals surface area (Å²) >= 11 is 3.07. The highest BCUT2D eigenvalue weighted by molar-refractivity contribution is 9.10. The maximum Gasteiger partial charge on any atom is 0.416 e. The first-order chi connectivity index (χ1) is 9.77. The molecule has 0 aromatic heterocycles. The molecule has 0 aliphatic rings. The molecule has 0 aliphatic heterocycles. The summed E-state index contributed by atoms with van der Waals surface area (Å²) in [6.07, 6.45) is -4.61. The maximum absolute atomic E-state index is 12.8. The first kappa shape index (κ1) is 15.7. The SMILES string of the molecule is O=C(Cc1ccc(F)cc1)c1cc(C(F)(F)F)ccc1Br. The van der Waals surface area contributed by atoms with E-state index in [2.05, 4.69) is 15.9 Å². The van der Waals surface area contributed by atoms with Crippen LogP contribution in [-0.2, 0) is 12.6 Å². The third-order valence-electron chi connectivity index (χ3n) is 2.87. The molecule has 0 spiro atoms. The monoisotopic (exact) mass is 360 g/mol. The Kier molecular flexibility index (Phi) is 4.46. The fourth-order valence-corrected chi connectivity index (χ4v) is 2.27. The highest BCUT2D eigenvalue weighted by Gasteiger charge is 2.31. The van der Waals surface area contributed by atoms with Gasteiger partial charge in [-0.05, 0) is 35.9 Å². The lowest BCUT2D eigenvalue weighted by Gasteiger charge is -2.10. The minimum absolute atomic E-state index is 0.0471. The van der Waals surface area contributed by atoms with Crippen LogP contribution < -0.4 is 0 Å². The summed E-state index contributed by atoms with van der Waals surface area (Å²) in [4.78, 5) is 12.1. The molecule has 2 aromatic carbocycles. The van der Waals surface area contributed by atoms with Gasteiger partial charge in [0.15, 0.2) is 5.78 Å². The van der Waals surface area contributed by atoms with Crippen molar-refractivity contribution in [3.8, 4) is 0 Å². The van der Waals surface area contributed by atoms with E-state index in [1.807, 2.05) is 0 Å². The standard InChI is InChI=1S/C15H9BrF4O/c16-13-6-3-10(15(18,19)20)8-12(13)14(21)7-9-1-4-11(17)5-2-9/h1-6,8H,7H2. The van der Waals surface area contributed by atoms with E-state index in [0.29, 0.717) is 10.0 Å². The lowest BCUT2D eigenvalue weighted by atomic mass is 10.0. The van der Waals surface area contributed by atoms with Crippen LogP contribution in [0.2, 0.25) is 0 Å². The quantitative estimate of drug-likeness (QED) is 0.554. The van der Waals surface area contributed by atoms with Gasteiger partial charge in [-0.3, -0.25) is 4.79 Å². The van der Waals surface area contributed by atoms with Crippen LogP contribution in [0, 0.1) is 5.82 Å². The van der Waals surface area contributed by atoms with E-state index in [-0.39, 0.29) is 12.0 Å². The van der Waals surface area contributed by atoms with Crippen molar-refractivity contribution in [3.05, 3.63) is 69.4 Å². The predicted molar refractivity (Wildman–Crippen MR) is 73.6 cm³/mol. The molecule has 0 amide bonds. The van der Waals surface area contributed by atoms with Crippen molar-refractivity contribution >= 4 is 21.7 Å². The van der Waals surface area contributed by atoms with Crippen molar-refractivity contribution in [1.29, 1.82) is 0 Å². The Morgan fingerprint density at radius 2 is 1.67 bits per heavy atom.